The monoisotopic (exact) mass is 457 g/mol. The Morgan fingerprint density at radius 1 is 1.16 bits per heavy atom. The van der Waals surface area contributed by atoms with Crippen molar-refractivity contribution in [2.45, 2.75) is 25.8 Å². The van der Waals surface area contributed by atoms with E-state index in [0.717, 1.165) is 10.6 Å². The molecule has 3 aromatic rings. The minimum Gasteiger partial charge on any atom is -0.348 e. The summed E-state index contributed by atoms with van der Waals surface area (Å²) < 4.78 is 13.9. The van der Waals surface area contributed by atoms with Gasteiger partial charge in [0.25, 0.3) is 11.8 Å². The fourth-order valence-electron chi connectivity index (χ4n) is 3.63. The number of likely N-dealkylation sites (tertiary alicyclic amines) is 1. The lowest BCUT2D eigenvalue weighted by molar-refractivity contribution is 0.0694. The van der Waals surface area contributed by atoms with Crippen molar-refractivity contribution < 1.29 is 14.0 Å². The van der Waals surface area contributed by atoms with Crippen LogP contribution in [0.1, 0.15) is 38.6 Å². The first-order valence-corrected chi connectivity index (χ1v) is 11.2. The topological polar surface area (TPSA) is 62.3 Å². The van der Waals surface area contributed by atoms with Gasteiger partial charge in [-0.25, -0.2) is 9.37 Å². The number of piperidine rings is 1. The number of carbonyl (C=O) groups excluding carboxylic acids is 2. The van der Waals surface area contributed by atoms with Crippen molar-refractivity contribution in [2.75, 3.05) is 13.1 Å². The van der Waals surface area contributed by atoms with Crippen LogP contribution in [0.5, 0.6) is 0 Å². The number of hydrogen-bond donors (Lipinski definition) is 1. The van der Waals surface area contributed by atoms with Gasteiger partial charge in [0.15, 0.2) is 0 Å². The van der Waals surface area contributed by atoms with Gasteiger partial charge in [-0.2, -0.15) is 0 Å². The molecule has 4 rings (SSSR count). The van der Waals surface area contributed by atoms with Gasteiger partial charge in [0, 0.05) is 29.7 Å². The fourth-order valence-corrected chi connectivity index (χ4v) is 4.79. The maximum atomic E-state index is 13.9. The summed E-state index contributed by atoms with van der Waals surface area (Å²) in [6.45, 7) is 2.75. The van der Waals surface area contributed by atoms with Crippen molar-refractivity contribution in [3.8, 4) is 10.6 Å². The summed E-state index contributed by atoms with van der Waals surface area (Å²) in [5, 5.41) is 4.42. The van der Waals surface area contributed by atoms with Gasteiger partial charge in [0.05, 0.1) is 11.3 Å². The second-order valence-electron chi connectivity index (χ2n) is 7.46. The van der Waals surface area contributed by atoms with Crippen molar-refractivity contribution in [1.29, 1.82) is 0 Å². The number of benzene rings is 2. The third-order valence-electron chi connectivity index (χ3n) is 5.30. The molecule has 0 aliphatic carbocycles. The van der Waals surface area contributed by atoms with Crippen molar-refractivity contribution >= 4 is 34.8 Å². The van der Waals surface area contributed by atoms with Gasteiger partial charge in [-0.3, -0.25) is 9.59 Å². The number of rotatable bonds is 4. The zero-order valence-corrected chi connectivity index (χ0v) is 18.5. The quantitative estimate of drug-likeness (QED) is 0.603. The molecule has 0 atom stereocenters. The molecule has 0 bridgehead atoms. The fraction of sp³-hybridized carbons (Fsp3) is 0.261. The highest BCUT2D eigenvalue weighted by atomic mass is 35.5. The first-order valence-electron chi connectivity index (χ1n) is 10.0. The van der Waals surface area contributed by atoms with Crippen molar-refractivity contribution in [3.63, 3.8) is 0 Å². The van der Waals surface area contributed by atoms with Gasteiger partial charge in [0.1, 0.15) is 15.7 Å². The minimum atomic E-state index is -0.515. The van der Waals surface area contributed by atoms with Gasteiger partial charge in [-0.1, -0.05) is 35.9 Å². The van der Waals surface area contributed by atoms with Crippen molar-refractivity contribution in [3.05, 3.63) is 75.5 Å². The Kier molecular flexibility index (Phi) is 6.34. The molecular weight excluding hydrogens is 437 g/mol. The predicted molar refractivity (Wildman–Crippen MR) is 120 cm³/mol. The maximum absolute atomic E-state index is 13.9. The van der Waals surface area contributed by atoms with E-state index in [-0.39, 0.29) is 23.4 Å². The van der Waals surface area contributed by atoms with Crippen LogP contribution >= 0.6 is 22.9 Å². The van der Waals surface area contributed by atoms with E-state index in [1.54, 1.807) is 23.1 Å². The third kappa shape index (κ3) is 4.78. The van der Waals surface area contributed by atoms with Crippen LogP contribution in [0.4, 0.5) is 4.39 Å². The largest absolute Gasteiger partial charge is 0.348 e. The molecule has 0 radical (unpaired) electrons. The molecule has 2 amide bonds. The lowest BCUT2D eigenvalue weighted by Crippen LogP contribution is -2.46. The van der Waals surface area contributed by atoms with E-state index in [1.807, 2.05) is 25.1 Å². The molecular formula is C23H21ClFN3O2S. The molecule has 1 N–H and O–H groups in total. The summed E-state index contributed by atoms with van der Waals surface area (Å²) in [5.41, 5.74) is 1.63. The smallest absolute Gasteiger partial charge is 0.263 e. The number of nitrogens with one attached hydrogen (secondary N) is 1. The van der Waals surface area contributed by atoms with Crippen LogP contribution in [0, 0.1) is 12.7 Å². The first-order chi connectivity index (χ1) is 14.9. The summed E-state index contributed by atoms with van der Waals surface area (Å²) >= 11 is 7.40. The van der Waals surface area contributed by atoms with Gasteiger partial charge in [0.2, 0.25) is 0 Å². The Morgan fingerprint density at radius 2 is 1.90 bits per heavy atom. The van der Waals surface area contributed by atoms with E-state index >= 15 is 0 Å². The van der Waals surface area contributed by atoms with Crippen molar-refractivity contribution in [2.24, 2.45) is 0 Å². The van der Waals surface area contributed by atoms with Gasteiger partial charge < -0.3 is 10.2 Å². The van der Waals surface area contributed by atoms with Gasteiger partial charge in [-0.05, 0) is 44.0 Å². The molecule has 2 aromatic carbocycles. The summed E-state index contributed by atoms with van der Waals surface area (Å²) in [6, 6.07) is 13.3. The van der Waals surface area contributed by atoms with Gasteiger partial charge >= 0.3 is 0 Å². The molecule has 1 saturated heterocycles. The van der Waals surface area contributed by atoms with Gasteiger partial charge in [-0.15, -0.1) is 11.3 Å². The van der Waals surface area contributed by atoms with Crippen LogP contribution in [0.2, 0.25) is 5.02 Å². The van der Waals surface area contributed by atoms with E-state index in [1.165, 1.54) is 23.5 Å². The zero-order valence-electron chi connectivity index (χ0n) is 16.9. The molecule has 2 heterocycles. The van der Waals surface area contributed by atoms with E-state index in [9.17, 15) is 14.0 Å². The van der Waals surface area contributed by atoms with E-state index in [0.29, 0.717) is 41.5 Å². The Labute approximate surface area is 188 Å². The SMILES string of the molecule is Cc1nc(-c2cccc(Cl)c2)sc1C(=O)NC1CCN(C(=O)c2ccccc2F)CC1. The average molecular weight is 458 g/mol. The van der Waals surface area contributed by atoms with Crippen LogP contribution in [0.25, 0.3) is 10.6 Å². The number of aryl methyl sites for hydroxylation is 1. The summed E-state index contributed by atoms with van der Waals surface area (Å²) in [5.74, 6) is -0.992. The Bertz CT molecular complexity index is 1130. The maximum Gasteiger partial charge on any atom is 0.263 e. The van der Waals surface area contributed by atoms with E-state index in [2.05, 4.69) is 10.3 Å². The predicted octanol–water partition coefficient (Wildman–Crippen LogP) is 4.95. The number of carbonyl (C=O) groups is 2. The number of aromatic nitrogens is 1. The molecule has 8 heteroatoms. The number of hydrogen-bond acceptors (Lipinski definition) is 4. The van der Waals surface area contributed by atoms with Crippen LogP contribution < -0.4 is 5.32 Å². The highest BCUT2D eigenvalue weighted by molar-refractivity contribution is 7.17. The molecule has 31 heavy (non-hydrogen) atoms. The Morgan fingerprint density at radius 3 is 2.61 bits per heavy atom. The normalized spacial score (nSPS) is 14.5. The second-order valence-corrected chi connectivity index (χ2v) is 8.90. The molecule has 1 aromatic heterocycles. The molecule has 0 spiro atoms. The molecule has 0 saturated carbocycles. The Balaban J connectivity index is 1.37. The summed E-state index contributed by atoms with van der Waals surface area (Å²) in [7, 11) is 0. The molecule has 160 valence electrons. The van der Waals surface area contributed by atoms with E-state index < -0.39 is 5.82 Å². The molecule has 0 unspecified atom stereocenters. The molecule has 5 nitrogen and oxygen atoms in total. The zero-order chi connectivity index (χ0) is 22.0. The number of amides is 2. The summed E-state index contributed by atoms with van der Waals surface area (Å²) in [6.07, 6.45) is 1.23. The summed E-state index contributed by atoms with van der Waals surface area (Å²) in [4.78, 5) is 32.1. The van der Waals surface area contributed by atoms with Crippen LogP contribution in [0.3, 0.4) is 0 Å². The number of thiazole rings is 1. The second kappa shape index (κ2) is 9.16. The van der Waals surface area contributed by atoms with Crippen molar-refractivity contribution in [1.82, 2.24) is 15.2 Å². The van der Waals surface area contributed by atoms with Crippen LogP contribution in [0.15, 0.2) is 48.5 Å². The molecule has 1 aliphatic rings. The molecule has 1 fully saturated rings. The lowest BCUT2D eigenvalue weighted by Gasteiger charge is -2.32. The Hall–Kier alpha value is -2.77. The molecule has 1 aliphatic heterocycles. The van der Waals surface area contributed by atoms with E-state index in [4.69, 9.17) is 11.6 Å². The van der Waals surface area contributed by atoms with Crippen LogP contribution in [-0.4, -0.2) is 40.8 Å². The lowest BCUT2D eigenvalue weighted by atomic mass is 10.0. The number of nitrogens with zero attached hydrogens (tertiary/aromatic N) is 2. The highest BCUT2D eigenvalue weighted by Gasteiger charge is 2.27. The standard InChI is InChI=1S/C23H21ClFN3O2S/c1-14-20(31-22(26-14)15-5-4-6-16(24)13-15)21(29)27-17-9-11-28(12-10-17)23(30)18-7-2-3-8-19(18)25/h2-8,13,17H,9-12H2,1H3,(H,27,29). The van der Waals surface area contributed by atoms with Crippen LogP contribution in [-0.2, 0) is 0 Å². The minimum absolute atomic E-state index is 0.0479. The third-order valence-corrected chi connectivity index (χ3v) is 6.74. The number of halogens is 2. The average Bonchev–Trinajstić information content (AvgIpc) is 3.16. The highest BCUT2D eigenvalue weighted by Crippen LogP contribution is 2.29. The first kappa shape index (κ1) is 21.5.